The Kier molecular flexibility index (Phi) is 10.3. The molecule has 1 aliphatic heterocycles. The van der Waals surface area contributed by atoms with Crippen LogP contribution in [0.5, 0.6) is 0 Å². The van der Waals surface area contributed by atoms with Gasteiger partial charge in [-0.25, -0.2) is 11.3 Å². The van der Waals surface area contributed by atoms with E-state index in [0.29, 0.717) is 6.61 Å². The third-order valence-electron chi connectivity index (χ3n) is 3.43. The summed E-state index contributed by atoms with van der Waals surface area (Å²) < 4.78 is 10.6. The van der Waals surface area contributed by atoms with Gasteiger partial charge < -0.3 is 26.6 Å². The number of benzene rings is 1. The molecule has 1 aromatic carbocycles. The minimum atomic E-state index is -0.595. The number of carbonyl (C=O) groups is 2. The number of ether oxygens (including phenoxy) is 2. The van der Waals surface area contributed by atoms with Gasteiger partial charge in [0.25, 0.3) is 0 Å². The maximum absolute atomic E-state index is 11.7. The molecule has 7 heteroatoms. The van der Waals surface area contributed by atoms with Gasteiger partial charge in [0.1, 0.15) is 11.3 Å². The van der Waals surface area contributed by atoms with Crippen LogP contribution in [0.4, 0.5) is 10.5 Å². The van der Waals surface area contributed by atoms with Crippen molar-refractivity contribution in [3.8, 4) is 0 Å². The summed E-state index contributed by atoms with van der Waals surface area (Å²) in [5, 5.41) is 2.70. The van der Waals surface area contributed by atoms with Gasteiger partial charge in [0.15, 0.2) is 0 Å². The molecule has 2 amide bonds. The summed E-state index contributed by atoms with van der Waals surface area (Å²) in [6.45, 7) is 16.6. The van der Waals surface area contributed by atoms with Crippen molar-refractivity contribution in [3.05, 3.63) is 43.3 Å². The second kappa shape index (κ2) is 10.8. The van der Waals surface area contributed by atoms with Crippen LogP contribution in [-0.4, -0.2) is 34.8 Å². The number of hydrogen-bond acceptors (Lipinski definition) is 4. The van der Waals surface area contributed by atoms with Crippen LogP contribution >= 0.6 is 0 Å². The van der Waals surface area contributed by atoms with Crippen LogP contribution in [0.15, 0.2) is 24.3 Å². The molecule has 1 aromatic rings. The zero-order valence-corrected chi connectivity index (χ0v) is 19.9. The molecule has 6 nitrogen and oxygen atoms in total. The fourth-order valence-electron chi connectivity index (χ4n) is 2.17. The Morgan fingerprint density at radius 1 is 1.30 bits per heavy atom. The van der Waals surface area contributed by atoms with Gasteiger partial charge in [-0.15, -0.1) is 0 Å². The number of amides is 2. The first-order chi connectivity index (χ1) is 11.9. The van der Waals surface area contributed by atoms with Crippen LogP contribution in [-0.2, 0) is 41.8 Å². The molecular formula is C20H30N2O4W. The molecule has 0 atom stereocenters. The number of carbonyl (C=O) groups excluding carboxylic acids is 2. The summed E-state index contributed by atoms with van der Waals surface area (Å²) in [7, 11) is 0. The predicted molar refractivity (Wildman–Crippen MR) is 102 cm³/mol. The van der Waals surface area contributed by atoms with E-state index in [1.165, 1.54) is 17.4 Å². The fourth-order valence-corrected chi connectivity index (χ4v) is 2.17. The normalized spacial score (nSPS) is 15.1. The van der Waals surface area contributed by atoms with E-state index in [-0.39, 0.29) is 33.1 Å². The molecule has 1 saturated heterocycles. The quantitative estimate of drug-likeness (QED) is 0.566. The molecule has 0 aliphatic carbocycles. The molecule has 1 heterocycles. The number of nitrogens with one attached hydrogen (secondary N) is 1. The first-order valence-electron chi connectivity index (χ1n) is 8.60. The van der Waals surface area contributed by atoms with Gasteiger partial charge >= 0.3 is 27.2 Å². The third kappa shape index (κ3) is 9.39. The first kappa shape index (κ1) is 25.6. The van der Waals surface area contributed by atoms with Crippen molar-refractivity contribution in [1.82, 2.24) is 4.90 Å². The van der Waals surface area contributed by atoms with E-state index in [1.54, 1.807) is 6.54 Å². The molecule has 2 rings (SSSR count). The second-order valence-electron chi connectivity index (χ2n) is 7.42. The van der Waals surface area contributed by atoms with Crippen LogP contribution < -0.4 is 5.32 Å². The number of anilines is 1. The van der Waals surface area contributed by atoms with Crippen molar-refractivity contribution >= 4 is 17.7 Å². The van der Waals surface area contributed by atoms with E-state index in [1.807, 2.05) is 58.9 Å². The largest absolute Gasteiger partial charge is 2.00 e. The van der Waals surface area contributed by atoms with Gasteiger partial charge in [-0.05, 0) is 46.8 Å². The smallest absolute Gasteiger partial charge is 0.445 e. The fraction of sp³-hybridized carbons (Fsp3) is 0.500. The molecule has 0 saturated carbocycles. The molecule has 150 valence electrons. The molecule has 0 bridgehead atoms. The summed E-state index contributed by atoms with van der Waals surface area (Å²) in [5.74, 6) is -0.0441. The number of rotatable bonds is 2. The standard InChI is InChI=1S/C10H18NO3.C10H12NO.W/c1-9(2,3)14-8(12)11-6-7-13-10(11,4)5;1-3-9-4-6-10(7-5-9)11-8(2)12;/h6H,7H2,1-5H3;4-7H,1,3H2,2H3,(H,11,12);/q2*-1;+2. The molecule has 0 radical (unpaired) electrons. The molecular weight excluding hydrogens is 516 g/mol. The van der Waals surface area contributed by atoms with Crippen LogP contribution in [0.1, 0.15) is 47.1 Å². The minimum Gasteiger partial charge on any atom is -0.445 e. The van der Waals surface area contributed by atoms with Crippen molar-refractivity contribution < 1.29 is 40.1 Å². The van der Waals surface area contributed by atoms with Crippen LogP contribution in [0.2, 0.25) is 0 Å². The van der Waals surface area contributed by atoms with Gasteiger partial charge in [-0.3, -0.25) is 4.79 Å². The average Bonchev–Trinajstić information content (AvgIpc) is 2.86. The summed E-state index contributed by atoms with van der Waals surface area (Å²) in [6.07, 6.45) is 0.417. The summed E-state index contributed by atoms with van der Waals surface area (Å²) in [6, 6.07) is 7.67. The maximum atomic E-state index is 11.7. The van der Waals surface area contributed by atoms with Crippen LogP contribution in [0.25, 0.3) is 0 Å². The third-order valence-corrected chi connectivity index (χ3v) is 3.43. The Hall–Kier alpha value is -1.39. The van der Waals surface area contributed by atoms with Gasteiger partial charge in [0.05, 0.1) is 0 Å². The van der Waals surface area contributed by atoms with E-state index in [9.17, 15) is 9.59 Å². The van der Waals surface area contributed by atoms with Crippen molar-refractivity contribution in [1.29, 1.82) is 0 Å². The van der Waals surface area contributed by atoms with E-state index in [2.05, 4.69) is 12.2 Å². The van der Waals surface area contributed by atoms with Crippen molar-refractivity contribution in [2.45, 2.75) is 59.3 Å². The van der Waals surface area contributed by atoms with Crippen molar-refractivity contribution in [3.63, 3.8) is 0 Å². The zero-order chi connectivity index (χ0) is 20.0. The molecule has 1 fully saturated rings. The molecule has 0 unspecified atom stereocenters. The monoisotopic (exact) mass is 546 g/mol. The zero-order valence-electron chi connectivity index (χ0n) is 17.0. The van der Waals surface area contributed by atoms with Gasteiger partial charge in [-0.2, -0.15) is 6.42 Å². The Labute approximate surface area is 177 Å². The summed E-state index contributed by atoms with van der Waals surface area (Å²) >= 11 is 0. The second-order valence-corrected chi connectivity index (χ2v) is 7.42. The van der Waals surface area contributed by atoms with Gasteiger partial charge in [-0.1, -0.05) is 24.3 Å². The average molecular weight is 546 g/mol. The number of hydrogen-bond donors (Lipinski definition) is 1. The molecule has 1 aliphatic rings. The van der Waals surface area contributed by atoms with Crippen LogP contribution in [0, 0.1) is 13.5 Å². The Morgan fingerprint density at radius 2 is 1.85 bits per heavy atom. The Morgan fingerprint density at radius 3 is 2.22 bits per heavy atom. The molecule has 27 heavy (non-hydrogen) atoms. The maximum Gasteiger partial charge on any atom is 2.00 e. The van der Waals surface area contributed by atoms with Crippen LogP contribution in [0.3, 0.4) is 0 Å². The predicted octanol–water partition coefficient (Wildman–Crippen LogP) is 4.17. The Bertz CT molecular complexity index is 609. The topological polar surface area (TPSA) is 67.9 Å². The van der Waals surface area contributed by atoms with E-state index in [4.69, 9.17) is 9.47 Å². The van der Waals surface area contributed by atoms with E-state index >= 15 is 0 Å². The van der Waals surface area contributed by atoms with E-state index < -0.39 is 11.3 Å². The number of nitrogens with zero attached hydrogens (tertiary/aromatic N) is 1. The van der Waals surface area contributed by atoms with Gasteiger partial charge in [0, 0.05) is 12.6 Å². The summed E-state index contributed by atoms with van der Waals surface area (Å²) in [5.41, 5.74) is 0.940. The molecule has 0 aromatic heterocycles. The first-order valence-corrected chi connectivity index (χ1v) is 8.60. The minimum absolute atomic E-state index is 0. The van der Waals surface area contributed by atoms with Crippen molar-refractivity contribution in [2.24, 2.45) is 0 Å². The van der Waals surface area contributed by atoms with Crippen molar-refractivity contribution in [2.75, 3.05) is 11.9 Å². The summed E-state index contributed by atoms with van der Waals surface area (Å²) in [4.78, 5) is 23.8. The molecule has 1 N–H and O–H groups in total. The van der Waals surface area contributed by atoms with Gasteiger partial charge in [0.2, 0.25) is 5.91 Å². The molecule has 0 spiro atoms. The Balaban J connectivity index is 0.000000488. The SMILES string of the molecule is CC(C)(C)OC(=O)N1[CH-]COC1(C)C.[CH2-]Cc1ccc(NC(C)=O)cc1.[W+2]. The van der Waals surface area contributed by atoms with E-state index in [0.717, 1.165) is 12.1 Å².